The number of nitrogens with zero attached hydrogens (tertiary/aromatic N) is 5. The number of fused-ring (bicyclic) bond motifs is 5. The molecule has 0 saturated heterocycles. The molecule has 0 saturated carbocycles. The summed E-state index contributed by atoms with van der Waals surface area (Å²) in [6.45, 7) is 0. The van der Waals surface area contributed by atoms with Gasteiger partial charge < -0.3 is 5.11 Å². The molecule has 1 aromatic heterocycles. The highest BCUT2D eigenvalue weighted by atomic mass is 32.1. The van der Waals surface area contributed by atoms with Gasteiger partial charge in [0.15, 0.2) is 10.8 Å². The van der Waals surface area contributed by atoms with Crippen molar-refractivity contribution in [1.82, 2.24) is 24.8 Å². The summed E-state index contributed by atoms with van der Waals surface area (Å²) >= 11 is 1.37. The Morgan fingerprint density at radius 3 is 2.70 bits per heavy atom. The second-order valence-corrected chi connectivity index (χ2v) is 6.08. The first-order valence-electron chi connectivity index (χ1n) is 7.00. The van der Waals surface area contributed by atoms with Crippen LogP contribution >= 0.6 is 11.3 Å². The first-order chi connectivity index (χ1) is 11.3. The van der Waals surface area contributed by atoms with Gasteiger partial charge in [0.05, 0.1) is 11.1 Å². The molecule has 0 fully saturated rings. The van der Waals surface area contributed by atoms with Gasteiger partial charge in [0.25, 0.3) is 0 Å². The minimum absolute atomic E-state index is 0.192. The van der Waals surface area contributed by atoms with Crippen molar-refractivity contribution < 1.29 is 5.11 Å². The van der Waals surface area contributed by atoms with E-state index in [1.54, 1.807) is 16.6 Å². The van der Waals surface area contributed by atoms with E-state index in [-0.39, 0.29) is 5.75 Å². The summed E-state index contributed by atoms with van der Waals surface area (Å²) in [6.07, 6.45) is 0. The number of phenols is 1. The lowest BCUT2D eigenvalue weighted by Crippen LogP contribution is -1.99. The van der Waals surface area contributed by atoms with Gasteiger partial charge in [0.2, 0.25) is 4.96 Å². The van der Waals surface area contributed by atoms with Crippen LogP contribution in [0.4, 0.5) is 0 Å². The topological polar surface area (TPSA) is 76.2 Å². The summed E-state index contributed by atoms with van der Waals surface area (Å²) in [5.74, 6) is 0.867. The Morgan fingerprint density at radius 1 is 0.957 bits per heavy atom. The highest BCUT2D eigenvalue weighted by Gasteiger charge is 2.20. The molecule has 3 heterocycles. The zero-order valence-electron chi connectivity index (χ0n) is 11.7. The van der Waals surface area contributed by atoms with E-state index in [0.717, 1.165) is 16.6 Å². The fraction of sp³-hybridized carbons (Fsp3) is 0. The van der Waals surface area contributed by atoms with Crippen LogP contribution in [0, 0.1) is 0 Å². The predicted molar refractivity (Wildman–Crippen MR) is 87.7 cm³/mol. The predicted octanol–water partition coefficient (Wildman–Crippen LogP) is 3.21. The molecule has 3 aromatic rings. The molecule has 1 N–H and O–H groups in total. The fourth-order valence-electron chi connectivity index (χ4n) is 2.65. The molecule has 23 heavy (non-hydrogen) atoms. The minimum Gasteiger partial charge on any atom is -0.507 e. The van der Waals surface area contributed by atoms with Crippen LogP contribution in [0.1, 0.15) is 0 Å². The number of hydrogen-bond acceptors (Lipinski definition) is 6. The molecule has 6 nitrogen and oxygen atoms in total. The van der Waals surface area contributed by atoms with Gasteiger partial charge in [0, 0.05) is 5.39 Å². The number of aromatic hydroxyl groups is 1. The number of aromatic nitrogens is 5. The molecule has 7 heteroatoms. The van der Waals surface area contributed by atoms with Gasteiger partial charge in [-0.1, -0.05) is 41.7 Å². The molecule has 0 atom stereocenters. The highest BCUT2D eigenvalue weighted by Crippen LogP contribution is 2.34. The molecule has 5 rings (SSSR count). The van der Waals surface area contributed by atoms with Gasteiger partial charge in [0.1, 0.15) is 11.4 Å². The van der Waals surface area contributed by atoms with Crippen molar-refractivity contribution in [3.63, 3.8) is 0 Å². The van der Waals surface area contributed by atoms with E-state index in [1.807, 2.05) is 36.4 Å². The standard InChI is InChI=1S/C16H9N5OS/c22-12-8-4-2-6-10(12)15-20-21-14-13(18-19-16(21)23-15)9-5-1-3-7-11(9)17-14/h1-8,22H. The Hall–Kier alpha value is -3.06. The molecular formula is C16H9N5OS. The largest absolute Gasteiger partial charge is 0.507 e. The van der Waals surface area contributed by atoms with Crippen LogP contribution < -0.4 is 0 Å². The summed E-state index contributed by atoms with van der Waals surface area (Å²) < 4.78 is 1.69. The SMILES string of the molecule is Oc1ccccc1-c1nn2c3nc4ccccc4c-3nnc2s1. The van der Waals surface area contributed by atoms with E-state index >= 15 is 0 Å². The zero-order chi connectivity index (χ0) is 15.4. The Kier molecular flexibility index (Phi) is 2.42. The lowest BCUT2D eigenvalue weighted by Gasteiger charge is -1.98. The van der Waals surface area contributed by atoms with Crippen molar-refractivity contribution in [3.05, 3.63) is 48.5 Å². The van der Waals surface area contributed by atoms with Crippen LogP contribution in [0.15, 0.2) is 48.5 Å². The molecule has 0 unspecified atom stereocenters. The maximum absolute atomic E-state index is 10.0. The molecule has 0 radical (unpaired) electrons. The third-order valence-corrected chi connectivity index (χ3v) is 4.66. The number of benzene rings is 2. The van der Waals surface area contributed by atoms with Gasteiger partial charge in [-0.2, -0.15) is 9.61 Å². The van der Waals surface area contributed by atoms with E-state index in [9.17, 15) is 5.11 Å². The normalized spacial score (nSPS) is 11.7. The Balaban J connectivity index is 1.82. The molecule has 0 amide bonds. The molecule has 2 aliphatic heterocycles. The van der Waals surface area contributed by atoms with Gasteiger partial charge >= 0.3 is 0 Å². The van der Waals surface area contributed by atoms with E-state index in [0.29, 0.717) is 21.4 Å². The van der Waals surface area contributed by atoms with Gasteiger partial charge in [-0.15, -0.1) is 10.2 Å². The highest BCUT2D eigenvalue weighted by molar-refractivity contribution is 7.19. The average molecular weight is 319 g/mol. The van der Waals surface area contributed by atoms with Crippen LogP contribution in [0.3, 0.4) is 0 Å². The minimum atomic E-state index is 0.192. The molecule has 2 aliphatic rings. The monoisotopic (exact) mass is 319 g/mol. The number of rotatable bonds is 1. The Labute approximate surface area is 134 Å². The van der Waals surface area contributed by atoms with Crippen LogP contribution in [0.5, 0.6) is 5.75 Å². The molecule has 0 spiro atoms. The Morgan fingerprint density at radius 2 is 1.78 bits per heavy atom. The van der Waals surface area contributed by atoms with E-state index in [1.165, 1.54) is 11.3 Å². The molecule has 2 aromatic carbocycles. The summed E-state index contributed by atoms with van der Waals surface area (Å²) in [5.41, 5.74) is 2.27. The molecular weight excluding hydrogens is 310 g/mol. The van der Waals surface area contributed by atoms with Crippen LogP contribution in [0.2, 0.25) is 0 Å². The van der Waals surface area contributed by atoms with Crippen LogP contribution in [0.25, 0.3) is 38.0 Å². The van der Waals surface area contributed by atoms with E-state index in [2.05, 4.69) is 20.3 Å². The van der Waals surface area contributed by atoms with Crippen molar-refractivity contribution in [3.8, 4) is 27.8 Å². The van der Waals surface area contributed by atoms with Crippen LogP contribution in [-0.4, -0.2) is 29.9 Å². The van der Waals surface area contributed by atoms with Crippen molar-refractivity contribution >= 4 is 27.2 Å². The maximum atomic E-state index is 10.0. The first kappa shape index (κ1) is 12.5. The summed E-state index contributed by atoms with van der Waals surface area (Å²) in [7, 11) is 0. The number of para-hydroxylation sites is 2. The molecule has 110 valence electrons. The lowest BCUT2D eigenvalue weighted by atomic mass is 10.2. The summed E-state index contributed by atoms with van der Waals surface area (Å²) in [4.78, 5) is 5.25. The Bertz CT molecular complexity index is 1150. The van der Waals surface area contributed by atoms with Crippen LogP contribution in [-0.2, 0) is 0 Å². The van der Waals surface area contributed by atoms with Crippen molar-refractivity contribution in [2.75, 3.05) is 0 Å². The quantitative estimate of drug-likeness (QED) is 0.513. The van der Waals surface area contributed by atoms with Crippen molar-refractivity contribution in [2.24, 2.45) is 0 Å². The van der Waals surface area contributed by atoms with Crippen molar-refractivity contribution in [1.29, 1.82) is 0 Å². The van der Waals surface area contributed by atoms with E-state index < -0.39 is 0 Å². The molecule has 0 bridgehead atoms. The second-order valence-electron chi connectivity index (χ2n) is 5.12. The van der Waals surface area contributed by atoms with Gasteiger partial charge in [-0.25, -0.2) is 4.98 Å². The zero-order valence-corrected chi connectivity index (χ0v) is 12.5. The second kappa shape index (κ2) is 4.47. The number of phenolic OH excluding ortho intramolecular Hbond substituents is 1. The van der Waals surface area contributed by atoms with E-state index in [4.69, 9.17) is 0 Å². The van der Waals surface area contributed by atoms with Gasteiger partial charge in [-0.3, -0.25) is 0 Å². The summed E-state index contributed by atoms with van der Waals surface area (Å²) in [5, 5.41) is 24.8. The fourth-order valence-corrected chi connectivity index (χ4v) is 3.52. The third kappa shape index (κ3) is 1.74. The lowest BCUT2D eigenvalue weighted by molar-refractivity contribution is 0.477. The number of hydrogen-bond donors (Lipinski definition) is 1. The van der Waals surface area contributed by atoms with Gasteiger partial charge in [-0.05, 0) is 18.2 Å². The molecule has 0 aliphatic carbocycles. The van der Waals surface area contributed by atoms with Crippen molar-refractivity contribution in [2.45, 2.75) is 0 Å². The third-order valence-electron chi connectivity index (χ3n) is 3.73. The summed E-state index contributed by atoms with van der Waals surface area (Å²) in [6, 6.07) is 14.9. The average Bonchev–Trinajstić information content (AvgIpc) is 3.16. The maximum Gasteiger partial charge on any atom is 0.235 e. The smallest absolute Gasteiger partial charge is 0.235 e. The first-order valence-corrected chi connectivity index (χ1v) is 7.82.